The maximum absolute atomic E-state index is 12.0. The minimum Gasteiger partial charge on any atom is -0.497 e. The molecule has 1 N–H and O–H groups in total. The Morgan fingerprint density at radius 1 is 1.26 bits per heavy atom. The quantitative estimate of drug-likeness (QED) is 0.313. The second-order valence-corrected chi connectivity index (χ2v) is 5.79. The van der Waals surface area contributed by atoms with Gasteiger partial charge in [0.25, 0.3) is 11.6 Å². The number of hydrazone groups is 1. The standard InChI is InChI=1S/C18H13ClN4O4/c1-27-15-7-4-12-8-13(17(19)21-16(12)9-15)10-20-22-18(24)11-2-5-14(6-3-11)23(25)26/h2-10H,1H3,(H,22,24)/b20-10-. The van der Waals surface area contributed by atoms with Crippen LogP contribution in [0.3, 0.4) is 0 Å². The highest BCUT2D eigenvalue weighted by molar-refractivity contribution is 6.32. The van der Waals surface area contributed by atoms with Gasteiger partial charge in [0.05, 0.1) is 23.8 Å². The average Bonchev–Trinajstić information content (AvgIpc) is 2.67. The summed E-state index contributed by atoms with van der Waals surface area (Å²) >= 11 is 6.16. The van der Waals surface area contributed by atoms with Crippen molar-refractivity contribution in [3.63, 3.8) is 0 Å². The van der Waals surface area contributed by atoms with Crippen molar-refractivity contribution in [2.24, 2.45) is 5.10 Å². The first-order valence-electron chi connectivity index (χ1n) is 7.70. The Labute approximate surface area is 158 Å². The number of fused-ring (bicyclic) bond motifs is 1. The van der Waals surface area contributed by atoms with E-state index in [1.54, 1.807) is 25.3 Å². The zero-order valence-electron chi connectivity index (χ0n) is 14.0. The largest absolute Gasteiger partial charge is 0.497 e. The number of carbonyl (C=O) groups is 1. The van der Waals surface area contributed by atoms with Crippen LogP contribution in [0.15, 0.2) is 53.6 Å². The third-order valence-electron chi connectivity index (χ3n) is 3.72. The number of pyridine rings is 1. The second kappa shape index (κ2) is 7.79. The van der Waals surface area contributed by atoms with Crippen LogP contribution < -0.4 is 10.2 Å². The van der Waals surface area contributed by atoms with Gasteiger partial charge in [-0.25, -0.2) is 10.4 Å². The molecule has 0 atom stereocenters. The average molecular weight is 385 g/mol. The van der Waals surface area contributed by atoms with E-state index in [0.29, 0.717) is 16.8 Å². The van der Waals surface area contributed by atoms with E-state index in [1.165, 1.54) is 30.5 Å². The first-order chi connectivity index (χ1) is 13.0. The van der Waals surface area contributed by atoms with Gasteiger partial charge in [-0.1, -0.05) is 11.6 Å². The number of nitrogens with one attached hydrogen (secondary N) is 1. The van der Waals surface area contributed by atoms with Crippen LogP contribution in [0.25, 0.3) is 10.9 Å². The van der Waals surface area contributed by atoms with Crippen molar-refractivity contribution >= 4 is 40.3 Å². The number of rotatable bonds is 5. The number of nitro groups is 1. The van der Waals surface area contributed by atoms with Crippen LogP contribution in [0.2, 0.25) is 5.15 Å². The fourth-order valence-electron chi connectivity index (χ4n) is 2.32. The number of hydrogen-bond acceptors (Lipinski definition) is 6. The van der Waals surface area contributed by atoms with Crippen LogP contribution in [0.1, 0.15) is 15.9 Å². The van der Waals surface area contributed by atoms with Crippen LogP contribution in [-0.2, 0) is 0 Å². The molecular formula is C18H13ClN4O4. The number of hydrogen-bond donors (Lipinski definition) is 1. The van der Waals surface area contributed by atoms with Gasteiger partial charge < -0.3 is 4.74 Å². The van der Waals surface area contributed by atoms with E-state index in [4.69, 9.17) is 16.3 Å². The van der Waals surface area contributed by atoms with E-state index in [9.17, 15) is 14.9 Å². The SMILES string of the molecule is COc1ccc2cc(/C=N\NC(=O)c3ccc([N+](=O)[O-])cc3)c(Cl)nc2c1. The molecule has 0 bridgehead atoms. The second-order valence-electron chi connectivity index (χ2n) is 5.43. The summed E-state index contributed by atoms with van der Waals surface area (Å²) in [6, 6.07) is 12.4. The van der Waals surface area contributed by atoms with Gasteiger partial charge >= 0.3 is 0 Å². The molecule has 27 heavy (non-hydrogen) atoms. The van der Waals surface area contributed by atoms with Crippen LogP contribution in [0.4, 0.5) is 5.69 Å². The normalized spacial score (nSPS) is 10.9. The Balaban J connectivity index is 1.74. The fourth-order valence-corrected chi connectivity index (χ4v) is 2.51. The molecular weight excluding hydrogens is 372 g/mol. The van der Waals surface area contributed by atoms with Gasteiger partial charge in [0, 0.05) is 34.7 Å². The Bertz CT molecular complexity index is 1050. The van der Waals surface area contributed by atoms with E-state index in [2.05, 4.69) is 15.5 Å². The van der Waals surface area contributed by atoms with Crippen molar-refractivity contribution in [2.45, 2.75) is 0 Å². The van der Waals surface area contributed by atoms with Gasteiger partial charge in [-0.05, 0) is 30.3 Å². The zero-order valence-corrected chi connectivity index (χ0v) is 14.8. The third-order valence-corrected chi connectivity index (χ3v) is 4.02. The predicted octanol–water partition coefficient (Wildman–Crippen LogP) is 3.57. The Hall–Kier alpha value is -3.52. The lowest BCUT2D eigenvalue weighted by molar-refractivity contribution is -0.384. The van der Waals surface area contributed by atoms with Crippen molar-refractivity contribution in [2.75, 3.05) is 7.11 Å². The molecule has 1 heterocycles. The molecule has 0 radical (unpaired) electrons. The summed E-state index contributed by atoms with van der Waals surface area (Å²) in [6.45, 7) is 0. The molecule has 0 unspecified atom stereocenters. The van der Waals surface area contributed by atoms with Crippen LogP contribution in [0, 0.1) is 10.1 Å². The van der Waals surface area contributed by atoms with Crippen molar-refractivity contribution < 1.29 is 14.5 Å². The number of halogens is 1. The number of carbonyl (C=O) groups excluding carboxylic acids is 1. The maximum Gasteiger partial charge on any atom is 0.271 e. The fraction of sp³-hybridized carbons (Fsp3) is 0.0556. The van der Waals surface area contributed by atoms with Crippen LogP contribution in [0.5, 0.6) is 5.75 Å². The van der Waals surface area contributed by atoms with Gasteiger partial charge in [-0.2, -0.15) is 5.10 Å². The molecule has 8 nitrogen and oxygen atoms in total. The molecule has 136 valence electrons. The van der Waals surface area contributed by atoms with Crippen LogP contribution >= 0.6 is 11.6 Å². The Morgan fingerprint density at radius 3 is 2.67 bits per heavy atom. The first-order valence-corrected chi connectivity index (χ1v) is 8.08. The van der Waals surface area contributed by atoms with Crippen molar-refractivity contribution in [1.29, 1.82) is 0 Å². The Morgan fingerprint density at radius 2 is 2.00 bits per heavy atom. The van der Waals surface area contributed by atoms with E-state index < -0.39 is 10.8 Å². The van der Waals surface area contributed by atoms with Crippen molar-refractivity contribution in [1.82, 2.24) is 10.4 Å². The molecule has 2 aromatic carbocycles. The summed E-state index contributed by atoms with van der Waals surface area (Å²) in [5.74, 6) is 0.165. The lowest BCUT2D eigenvalue weighted by atomic mass is 10.1. The number of amides is 1. The van der Waals surface area contributed by atoms with Crippen molar-refractivity contribution in [3.05, 3.63) is 74.9 Å². The van der Waals surface area contributed by atoms with Crippen molar-refractivity contribution in [3.8, 4) is 5.75 Å². The zero-order chi connectivity index (χ0) is 19.4. The summed E-state index contributed by atoms with van der Waals surface area (Å²) in [5.41, 5.74) is 3.69. The minimum absolute atomic E-state index is 0.0966. The summed E-state index contributed by atoms with van der Waals surface area (Å²) in [5, 5.41) is 15.6. The number of methoxy groups -OCH3 is 1. The highest BCUT2D eigenvalue weighted by atomic mass is 35.5. The van der Waals surface area contributed by atoms with Crippen LogP contribution in [-0.4, -0.2) is 29.1 Å². The predicted molar refractivity (Wildman–Crippen MR) is 101 cm³/mol. The highest BCUT2D eigenvalue weighted by Gasteiger charge is 2.09. The number of ether oxygens (including phenoxy) is 1. The molecule has 9 heteroatoms. The molecule has 0 saturated heterocycles. The molecule has 1 aromatic heterocycles. The van der Waals surface area contributed by atoms with E-state index in [-0.39, 0.29) is 16.4 Å². The third kappa shape index (κ3) is 4.18. The lowest BCUT2D eigenvalue weighted by Crippen LogP contribution is -2.17. The number of nitro benzene ring substituents is 1. The summed E-state index contributed by atoms with van der Waals surface area (Å²) < 4.78 is 5.15. The number of non-ortho nitro benzene ring substituents is 1. The van der Waals surface area contributed by atoms with Gasteiger partial charge in [-0.15, -0.1) is 0 Å². The Kier molecular flexibility index (Phi) is 5.28. The minimum atomic E-state index is -0.538. The van der Waals surface area contributed by atoms with E-state index >= 15 is 0 Å². The van der Waals surface area contributed by atoms with E-state index in [1.807, 2.05) is 6.07 Å². The van der Waals surface area contributed by atoms with Gasteiger partial charge in [0.1, 0.15) is 10.9 Å². The van der Waals surface area contributed by atoms with Gasteiger partial charge in [0.15, 0.2) is 0 Å². The monoisotopic (exact) mass is 384 g/mol. The molecule has 3 aromatic rings. The summed E-state index contributed by atoms with van der Waals surface area (Å²) in [6.07, 6.45) is 1.38. The van der Waals surface area contributed by atoms with Gasteiger partial charge in [-0.3, -0.25) is 14.9 Å². The first kappa shape index (κ1) is 18.3. The molecule has 0 aliphatic heterocycles. The molecule has 3 rings (SSSR count). The lowest BCUT2D eigenvalue weighted by Gasteiger charge is -2.04. The molecule has 0 aliphatic rings. The number of nitrogens with zero attached hydrogens (tertiary/aromatic N) is 3. The summed E-state index contributed by atoms with van der Waals surface area (Å²) in [7, 11) is 1.57. The summed E-state index contributed by atoms with van der Waals surface area (Å²) in [4.78, 5) is 26.4. The molecule has 0 spiro atoms. The molecule has 1 amide bonds. The molecule has 0 saturated carbocycles. The van der Waals surface area contributed by atoms with E-state index in [0.717, 1.165) is 5.39 Å². The molecule has 0 aliphatic carbocycles. The molecule has 0 fully saturated rings. The van der Waals surface area contributed by atoms with Gasteiger partial charge in [0.2, 0.25) is 0 Å². The maximum atomic E-state index is 12.0. The smallest absolute Gasteiger partial charge is 0.271 e. The number of benzene rings is 2. The topological polar surface area (TPSA) is 107 Å². The highest BCUT2D eigenvalue weighted by Crippen LogP contribution is 2.23. The number of aromatic nitrogens is 1.